The highest BCUT2D eigenvalue weighted by atomic mass is 16.5. The van der Waals surface area contributed by atoms with Crippen LogP contribution in [-0.2, 0) is 9.59 Å². The SMILES string of the molecule is CC(C)(C)[C@H](N)C(=O)N1C[C@H]2[C@@H]([C@H]1C(=O)NC(C#N)c1ccon1)C2(C)C. The van der Waals surface area contributed by atoms with E-state index in [1.54, 1.807) is 4.90 Å². The number of nitrogens with one attached hydrogen (secondary N) is 1. The molecule has 5 atom stereocenters. The molecule has 1 aromatic heterocycles. The van der Waals surface area contributed by atoms with Crippen molar-refractivity contribution < 1.29 is 14.1 Å². The molecule has 27 heavy (non-hydrogen) atoms. The Balaban J connectivity index is 1.82. The highest BCUT2D eigenvalue weighted by molar-refractivity contribution is 5.92. The third-order valence-electron chi connectivity index (χ3n) is 6.13. The molecule has 0 radical (unpaired) electrons. The second-order valence-electron chi connectivity index (χ2n) is 9.23. The third kappa shape index (κ3) is 3.21. The molecule has 2 amide bonds. The predicted octanol–water partition coefficient (Wildman–Crippen LogP) is 1.21. The Labute approximate surface area is 159 Å². The van der Waals surface area contributed by atoms with Crippen molar-refractivity contribution in [1.29, 1.82) is 5.26 Å². The lowest BCUT2D eigenvalue weighted by Gasteiger charge is -2.35. The van der Waals surface area contributed by atoms with E-state index in [0.29, 0.717) is 12.2 Å². The number of nitrogens with two attached hydrogens (primary N) is 1. The van der Waals surface area contributed by atoms with Crippen molar-refractivity contribution in [3.63, 3.8) is 0 Å². The van der Waals surface area contributed by atoms with Crippen LogP contribution in [0.5, 0.6) is 0 Å². The zero-order valence-electron chi connectivity index (χ0n) is 16.4. The quantitative estimate of drug-likeness (QED) is 0.817. The fraction of sp³-hybridized carbons (Fsp3) is 0.684. The standard InChI is InChI=1S/C19H27N5O3/c1-18(2,3)15(21)17(26)24-9-10-13(19(10,4)5)14(24)16(25)22-12(8-20)11-6-7-27-23-11/h6-7,10,12-15H,9,21H2,1-5H3,(H,22,25)/t10-,12?,13-,14-,15+/m0/s1. The van der Waals surface area contributed by atoms with E-state index in [2.05, 4.69) is 24.3 Å². The summed E-state index contributed by atoms with van der Waals surface area (Å²) in [5.41, 5.74) is 6.08. The first kappa shape index (κ1) is 19.4. The van der Waals surface area contributed by atoms with Gasteiger partial charge in [-0.1, -0.05) is 39.8 Å². The lowest BCUT2D eigenvalue weighted by Crippen LogP contribution is -2.57. The van der Waals surface area contributed by atoms with Gasteiger partial charge in [0.1, 0.15) is 18.0 Å². The molecule has 0 bridgehead atoms. The van der Waals surface area contributed by atoms with Gasteiger partial charge >= 0.3 is 0 Å². The monoisotopic (exact) mass is 373 g/mol. The maximum absolute atomic E-state index is 13.1. The summed E-state index contributed by atoms with van der Waals surface area (Å²) < 4.78 is 4.76. The minimum Gasteiger partial charge on any atom is -0.364 e. The van der Waals surface area contributed by atoms with Crippen molar-refractivity contribution in [2.24, 2.45) is 28.4 Å². The zero-order valence-corrected chi connectivity index (χ0v) is 16.4. The lowest BCUT2D eigenvalue weighted by molar-refractivity contribution is -0.143. The van der Waals surface area contributed by atoms with E-state index in [1.165, 1.54) is 12.3 Å². The predicted molar refractivity (Wildman–Crippen MR) is 96.7 cm³/mol. The minimum atomic E-state index is -0.926. The first-order valence-electron chi connectivity index (χ1n) is 9.16. The molecule has 8 nitrogen and oxygen atoms in total. The number of amides is 2. The molecule has 1 saturated carbocycles. The molecule has 1 aliphatic heterocycles. The maximum Gasteiger partial charge on any atom is 0.244 e. The number of aromatic nitrogens is 1. The van der Waals surface area contributed by atoms with Crippen molar-refractivity contribution in [2.75, 3.05) is 6.54 Å². The maximum atomic E-state index is 13.1. The van der Waals surface area contributed by atoms with Crippen molar-refractivity contribution in [2.45, 2.75) is 52.7 Å². The van der Waals surface area contributed by atoms with E-state index in [0.717, 1.165) is 0 Å². The van der Waals surface area contributed by atoms with Crippen LogP contribution >= 0.6 is 0 Å². The number of likely N-dealkylation sites (tertiary alicyclic amines) is 1. The molecular weight excluding hydrogens is 346 g/mol. The first-order valence-corrected chi connectivity index (χ1v) is 9.16. The average molecular weight is 373 g/mol. The van der Waals surface area contributed by atoms with E-state index in [4.69, 9.17) is 10.3 Å². The molecular formula is C19H27N5O3. The van der Waals surface area contributed by atoms with Gasteiger partial charge in [-0.15, -0.1) is 0 Å². The van der Waals surface area contributed by atoms with E-state index < -0.39 is 23.5 Å². The molecule has 8 heteroatoms. The van der Waals surface area contributed by atoms with Gasteiger partial charge in [0.25, 0.3) is 0 Å². The number of hydrogen-bond donors (Lipinski definition) is 2. The van der Waals surface area contributed by atoms with E-state index in [9.17, 15) is 14.9 Å². The highest BCUT2D eigenvalue weighted by Gasteiger charge is 2.69. The van der Waals surface area contributed by atoms with Gasteiger partial charge in [0.2, 0.25) is 11.8 Å². The van der Waals surface area contributed by atoms with Crippen LogP contribution < -0.4 is 11.1 Å². The Morgan fingerprint density at radius 2 is 2.15 bits per heavy atom. The van der Waals surface area contributed by atoms with Crippen LogP contribution in [0.1, 0.15) is 46.4 Å². The number of nitrogens with zero attached hydrogens (tertiary/aromatic N) is 3. The highest BCUT2D eigenvalue weighted by Crippen LogP contribution is 2.65. The lowest BCUT2D eigenvalue weighted by atomic mass is 9.86. The summed E-state index contributed by atoms with van der Waals surface area (Å²) in [5, 5.41) is 15.8. The van der Waals surface area contributed by atoms with Gasteiger partial charge in [0, 0.05) is 12.6 Å². The average Bonchev–Trinajstić information content (AvgIpc) is 3.06. The van der Waals surface area contributed by atoms with Crippen LogP contribution in [-0.4, -0.2) is 40.5 Å². The summed E-state index contributed by atoms with van der Waals surface area (Å²) in [5.74, 6) is -0.250. The van der Waals surface area contributed by atoms with Crippen LogP contribution in [0.3, 0.4) is 0 Å². The molecule has 3 N–H and O–H groups in total. The number of nitriles is 1. The van der Waals surface area contributed by atoms with Crippen molar-refractivity contribution in [1.82, 2.24) is 15.4 Å². The van der Waals surface area contributed by atoms with Crippen LogP contribution in [0.15, 0.2) is 16.9 Å². The number of carbonyl (C=O) groups excluding carboxylic acids is 2. The van der Waals surface area contributed by atoms with Gasteiger partial charge in [-0.3, -0.25) is 9.59 Å². The third-order valence-corrected chi connectivity index (χ3v) is 6.13. The van der Waals surface area contributed by atoms with Crippen LogP contribution in [0, 0.1) is 34.0 Å². The number of piperidine rings is 1. The fourth-order valence-electron chi connectivity index (χ4n) is 4.13. The van der Waals surface area contributed by atoms with Gasteiger partial charge in [-0.2, -0.15) is 5.26 Å². The molecule has 1 saturated heterocycles. The molecule has 0 aromatic carbocycles. The normalized spacial score (nSPS) is 28.0. The Morgan fingerprint density at radius 3 is 2.67 bits per heavy atom. The minimum absolute atomic E-state index is 0.0132. The van der Waals surface area contributed by atoms with Crippen LogP contribution in [0.2, 0.25) is 0 Å². The fourth-order valence-corrected chi connectivity index (χ4v) is 4.13. The summed E-state index contributed by atoms with van der Waals surface area (Å²) in [7, 11) is 0. The Kier molecular flexibility index (Phi) is 4.55. The van der Waals surface area contributed by atoms with Crippen LogP contribution in [0.25, 0.3) is 0 Å². The molecule has 3 rings (SSSR count). The summed E-state index contributed by atoms with van der Waals surface area (Å²) in [6.07, 6.45) is 1.35. The van der Waals surface area contributed by atoms with Gasteiger partial charge in [0.15, 0.2) is 6.04 Å². The molecule has 1 aromatic rings. The smallest absolute Gasteiger partial charge is 0.244 e. The van der Waals surface area contributed by atoms with Crippen molar-refractivity contribution in [3.05, 3.63) is 18.0 Å². The van der Waals surface area contributed by atoms with E-state index in [-0.39, 0.29) is 29.1 Å². The molecule has 146 valence electrons. The van der Waals surface area contributed by atoms with E-state index >= 15 is 0 Å². The number of fused-ring (bicyclic) bond motifs is 1. The van der Waals surface area contributed by atoms with Gasteiger partial charge in [-0.25, -0.2) is 0 Å². The second kappa shape index (κ2) is 6.34. The molecule has 1 unspecified atom stereocenters. The summed E-state index contributed by atoms with van der Waals surface area (Å²) in [4.78, 5) is 27.7. The molecule has 2 heterocycles. The van der Waals surface area contributed by atoms with Gasteiger partial charge in [-0.05, 0) is 22.7 Å². The number of rotatable bonds is 4. The molecule has 0 spiro atoms. The van der Waals surface area contributed by atoms with Gasteiger partial charge in [0.05, 0.1) is 12.1 Å². The topological polar surface area (TPSA) is 125 Å². The van der Waals surface area contributed by atoms with Crippen LogP contribution in [0.4, 0.5) is 0 Å². The number of carbonyl (C=O) groups is 2. The largest absolute Gasteiger partial charge is 0.364 e. The summed E-state index contributed by atoms with van der Waals surface area (Å²) in [6, 6.07) is 1.29. The molecule has 2 fully saturated rings. The van der Waals surface area contributed by atoms with Gasteiger partial charge < -0.3 is 20.5 Å². The van der Waals surface area contributed by atoms with E-state index in [1.807, 2.05) is 26.8 Å². The molecule has 2 aliphatic rings. The summed E-state index contributed by atoms with van der Waals surface area (Å²) >= 11 is 0. The second-order valence-corrected chi connectivity index (χ2v) is 9.23. The zero-order chi connectivity index (χ0) is 20.1. The molecule has 1 aliphatic carbocycles. The van der Waals surface area contributed by atoms with Crippen molar-refractivity contribution >= 4 is 11.8 Å². The Bertz CT molecular complexity index is 774. The summed E-state index contributed by atoms with van der Waals surface area (Å²) in [6.45, 7) is 10.4. The first-order chi connectivity index (χ1) is 12.5. The van der Waals surface area contributed by atoms with Crippen molar-refractivity contribution in [3.8, 4) is 6.07 Å². The Morgan fingerprint density at radius 1 is 1.48 bits per heavy atom. The Hall–Kier alpha value is -2.40. The number of hydrogen-bond acceptors (Lipinski definition) is 6.